The first-order valence-corrected chi connectivity index (χ1v) is 9.80. The number of ether oxygens (including phenoxy) is 2. The highest BCUT2D eigenvalue weighted by Crippen LogP contribution is 2.28. The molecule has 0 saturated carbocycles. The lowest BCUT2D eigenvalue weighted by atomic mass is 10.1. The fourth-order valence-electron chi connectivity index (χ4n) is 3.10. The smallest absolute Gasteiger partial charge is 0.258 e. The molecule has 160 valence electrons. The normalized spacial score (nSPS) is 10.5. The average molecular weight is 429 g/mol. The monoisotopic (exact) mass is 429 g/mol. The molecule has 0 aliphatic rings. The van der Waals surface area contributed by atoms with E-state index in [2.05, 4.69) is 15.3 Å². The van der Waals surface area contributed by atoms with E-state index in [9.17, 15) is 9.18 Å². The molecule has 0 saturated heterocycles. The van der Waals surface area contributed by atoms with Gasteiger partial charge in [0.05, 0.1) is 25.6 Å². The van der Waals surface area contributed by atoms with Crippen molar-refractivity contribution < 1.29 is 18.7 Å². The van der Waals surface area contributed by atoms with Crippen LogP contribution in [0.5, 0.6) is 11.5 Å². The van der Waals surface area contributed by atoms with Crippen molar-refractivity contribution in [2.75, 3.05) is 19.5 Å². The Hall–Kier alpha value is -4.26. The van der Waals surface area contributed by atoms with Crippen molar-refractivity contribution in [3.05, 3.63) is 90.2 Å². The van der Waals surface area contributed by atoms with Gasteiger partial charge in [-0.05, 0) is 78.9 Å². The van der Waals surface area contributed by atoms with E-state index in [-0.39, 0.29) is 5.95 Å². The Morgan fingerprint density at radius 2 is 1.22 bits per heavy atom. The predicted octanol–water partition coefficient (Wildman–Crippen LogP) is 5.22. The van der Waals surface area contributed by atoms with Crippen molar-refractivity contribution in [1.82, 2.24) is 9.97 Å². The summed E-state index contributed by atoms with van der Waals surface area (Å²) in [6.45, 7) is 0. The quantitative estimate of drug-likeness (QED) is 0.455. The zero-order chi connectivity index (χ0) is 22.5. The highest BCUT2D eigenvalue weighted by atomic mass is 19.1. The zero-order valence-corrected chi connectivity index (χ0v) is 17.5. The van der Waals surface area contributed by atoms with Gasteiger partial charge >= 0.3 is 0 Å². The summed E-state index contributed by atoms with van der Waals surface area (Å²) in [7, 11) is 3.20. The SMILES string of the molecule is COc1ccc(-c2cc(-c3ccc(OC)cc3)nc(NC(=O)c3ccc(F)cc3)n2)cc1. The van der Waals surface area contributed by atoms with Gasteiger partial charge in [-0.3, -0.25) is 10.1 Å². The van der Waals surface area contributed by atoms with Crippen LogP contribution in [0.25, 0.3) is 22.5 Å². The van der Waals surface area contributed by atoms with Crippen LogP contribution in [-0.4, -0.2) is 30.1 Å². The van der Waals surface area contributed by atoms with Crippen molar-refractivity contribution >= 4 is 11.9 Å². The molecule has 1 amide bonds. The molecule has 0 spiro atoms. The fraction of sp³-hybridized carbons (Fsp3) is 0.0800. The first-order chi connectivity index (χ1) is 15.6. The van der Waals surface area contributed by atoms with Gasteiger partial charge < -0.3 is 9.47 Å². The maximum absolute atomic E-state index is 13.2. The second-order valence-corrected chi connectivity index (χ2v) is 6.88. The Morgan fingerprint density at radius 1 is 0.750 bits per heavy atom. The molecule has 0 bridgehead atoms. The van der Waals surface area contributed by atoms with Crippen molar-refractivity contribution in [2.24, 2.45) is 0 Å². The van der Waals surface area contributed by atoms with Gasteiger partial charge in [-0.1, -0.05) is 0 Å². The molecular weight excluding hydrogens is 409 g/mol. The van der Waals surface area contributed by atoms with Crippen LogP contribution in [0.15, 0.2) is 78.9 Å². The average Bonchev–Trinajstić information content (AvgIpc) is 2.84. The van der Waals surface area contributed by atoms with E-state index >= 15 is 0 Å². The predicted molar refractivity (Wildman–Crippen MR) is 120 cm³/mol. The molecule has 0 fully saturated rings. The topological polar surface area (TPSA) is 73.3 Å². The number of halogens is 1. The van der Waals surface area contributed by atoms with Crippen LogP contribution in [0.2, 0.25) is 0 Å². The van der Waals surface area contributed by atoms with E-state index in [0.717, 1.165) is 22.6 Å². The summed E-state index contributed by atoms with van der Waals surface area (Å²) in [6, 6.07) is 22.0. The molecule has 3 aromatic carbocycles. The summed E-state index contributed by atoms with van der Waals surface area (Å²) in [5, 5.41) is 2.71. The lowest BCUT2D eigenvalue weighted by Gasteiger charge is -2.11. The third-order valence-electron chi connectivity index (χ3n) is 4.83. The maximum Gasteiger partial charge on any atom is 0.258 e. The standard InChI is InChI=1S/C25H20FN3O3/c1-31-20-11-5-16(6-12-20)22-15-23(17-7-13-21(32-2)14-8-17)28-25(27-22)29-24(30)18-3-9-19(26)10-4-18/h3-15H,1-2H3,(H,27,28,29,30). The molecule has 0 unspecified atom stereocenters. The van der Waals surface area contributed by atoms with Crippen molar-refractivity contribution in [1.29, 1.82) is 0 Å². The Bertz CT molecular complexity index is 1160. The van der Waals surface area contributed by atoms with Gasteiger partial charge in [0.25, 0.3) is 5.91 Å². The number of carbonyl (C=O) groups excluding carboxylic acids is 1. The van der Waals surface area contributed by atoms with E-state index in [1.807, 2.05) is 54.6 Å². The molecule has 0 atom stereocenters. The van der Waals surface area contributed by atoms with Gasteiger partial charge in [0.15, 0.2) is 0 Å². The number of hydrogen-bond acceptors (Lipinski definition) is 5. The van der Waals surface area contributed by atoms with E-state index in [0.29, 0.717) is 17.0 Å². The third kappa shape index (κ3) is 4.73. The summed E-state index contributed by atoms with van der Waals surface area (Å²) < 4.78 is 23.6. The van der Waals surface area contributed by atoms with Crippen LogP contribution in [0.1, 0.15) is 10.4 Å². The number of rotatable bonds is 6. The molecule has 1 heterocycles. The minimum Gasteiger partial charge on any atom is -0.497 e. The number of methoxy groups -OCH3 is 2. The molecule has 1 aromatic heterocycles. The minimum absolute atomic E-state index is 0.137. The number of hydrogen-bond donors (Lipinski definition) is 1. The molecule has 0 aliphatic carbocycles. The molecule has 6 nitrogen and oxygen atoms in total. The van der Waals surface area contributed by atoms with Crippen LogP contribution < -0.4 is 14.8 Å². The number of nitrogens with zero attached hydrogens (tertiary/aromatic N) is 2. The van der Waals surface area contributed by atoms with Gasteiger partial charge in [-0.25, -0.2) is 14.4 Å². The number of benzene rings is 3. The molecule has 4 aromatic rings. The number of nitrogens with one attached hydrogen (secondary N) is 1. The summed E-state index contributed by atoms with van der Waals surface area (Å²) in [5.74, 6) is 0.739. The van der Waals surface area contributed by atoms with Crippen LogP contribution in [-0.2, 0) is 0 Å². The first kappa shape index (κ1) is 21.0. The molecule has 7 heteroatoms. The molecule has 4 rings (SSSR count). The molecule has 32 heavy (non-hydrogen) atoms. The van der Waals surface area contributed by atoms with Gasteiger partial charge in [0.1, 0.15) is 17.3 Å². The molecule has 1 N–H and O–H groups in total. The van der Waals surface area contributed by atoms with Gasteiger partial charge in [-0.2, -0.15) is 0 Å². The highest BCUT2D eigenvalue weighted by molar-refractivity contribution is 6.03. The van der Waals surface area contributed by atoms with Crippen LogP contribution in [0, 0.1) is 5.82 Å². The van der Waals surface area contributed by atoms with E-state index in [1.165, 1.54) is 24.3 Å². The number of carbonyl (C=O) groups is 1. The molecular formula is C25H20FN3O3. The minimum atomic E-state index is -0.433. The van der Waals surface area contributed by atoms with E-state index in [1.54, 1.807) is 14.2 Å². The van der Waals surface area contributed by atoms with Crippen LogP contribution in [0.3, 0.4) is 0 Å². The first-order valence-electron chi connectivity index (χ1n) is 9.80. The summed E-state index contributed by atoms with van der Waals surface area (Å²) in [5.41, 5.74) is 3.22. The fourth-order valence-corrected chi connectivity index (χ4v) is 3.10. The maximum atomic E-state index is 13.2. The second kappa shape index (κ2) is 9.26. The highest BCUT2D eigenvalue weighted by Gasteiger charge is 2.13. The van der Waals surface area contributed by atoms with Crippen LogP contribution >= 0.6 is 0 Å². The molecule has 0 radical (unpaired) electrons. The Kier molecular flexibility index (Phi) is 6.07. The largest absolute Gasteiger partial charge is 0.497 e. The Balaban J connectivity index is 1.73. The summed E-state index contributed by atoms with van der Waals surface area (Å²) in [4.78, 5) is 21.7. The van der Waals surface area contributed by atoms with Crippen molar-refractivity contribution in [3.63, 3.8) is 0 Å². The molecule has 0 aliphatic heterocycles. The second-order valence-electron chi connectivity index (χ2n) is 6.88. The van der Waals surface area contributed by atoms with Crippen LogP contribution in [0.4, 0.5) is 10.3 Å². The number of amides is 1. The van der Waals surface area contributed by atoms with Gasteiger partial charge in [0, 0.05) is 16.7 Å². The lowest BCUT2D eigenvalue weighted by Crippen LogP contribution is -2.14. The summed E-state index contributed by atoms with van der Waals surface area (Å²) in [6.07, 6.45) is 0. The lowest BCUT2D eigenvalue weighted by molar-refractivity contribution is 0.102. The van der Waals surface area contributed by atoms with E-state index in [4.69, 9.17) is 9.47 Å². The Morgan fingerprint density at radius 3 is 1.66 bits per heavy atom. The van der Waals surface area contributed by atoms with Crippen molar-refractivity contribution in [2.45, 2.75) is 0 Å². The Labute approximate surface area is 184 Å². The van der Waals surface area contributed by atoms with E-state index < -0.39 is 11.7 Å². The zero-order valence-electron chi connectivity index (χ0n) is 17.5. The number of aromatic nitrogens is 2. The van der Waals surface area contributed by atoms with Crippen molar-refractivity contribution in [3.8, 4) is 34.0 Å². The van der Waals surface area contributed by atoms with Gasteiger partial charge in [-0.15, -0.1) is 0 Å². The number of anilines is 1. The summed E-state index contributed by atoms with van der Waals surface area (Å²) >= 11 is 0. The van der Waals surface area contributed by atoms with Gasteiger partial charge in [0.2, 0.25) is 5.95 Å². The third-order valence-corrected chi connectivity index (χ3v) is 4.83.